The topological polar surface area (TPSA) is 108 Å². The molecule has 2 aromatic carbocycles. The second-order valence-electron chi connectivity index (χ2n) is 6.69. The van der Waals surface area contributed by atoms with Crippen molar-refractivity contribution in [1.29, 1.82) is 5.26 Å². The van der Waals surface area contributed by atoms with E-state index in [1.807, 2.05) is 0 Å². The molecule has 1 heterocycles. The smallest absolute Gasteiger partial charge is 0.319 e. The number of halogens is 2. The molecule has 2 N–H and O–H groups in total. The number of nitriles is 1. The van der Waals surface area contributed by atoms with Crippen LogP contribution in [0, 0.1) is 23.1 Å². The van der Waals surface area contributed by atoms with Crippen LogP contribution in [0.3, 0.4) is 0 Å². The third-order valence-electron chi connectivity index (χ3n) is 4.69. The van der Waals surface area contributed by atoms with Crippen LogP contribution in [0.4, 0.5) is 10.1 Å². The Morgan fingerprint density at radius 1 is 1.28 bits per heavy atom. The zero-order valence-electron chi connectivity index (χ0n) is 16.7. The van der Waals surface area contributed by atoms with Crippen LogP contribution in [0.25, 0.3) is 0 Å². The lowest BCUT2D eigenvalue weighted by atomic mass is 9.78. The molecule has 0 radical (unpaired) electrons. The number of esters is 1. The van der Waals surface area contributed by atoms with Crippen LogP contribution < -0.4 is 10.6 Å². The zero-order chi connectivity index (χ0) is 23.3. The lowest BCUT2D eigenvalue weighted by Crippen LogP contribution is -2.44. The van der Waals surface area contributed by atoms with Gasteiger partial charge in [0, 0.05) is 10.4 Å². The maximum Gasteiger partial charge on any atom is 0.319 e. The average Bonchev–Trinajstić information content (AvgIpc) is 2.78. The number of hydrogen-bond acceptors (Lipinski definition) is 6. The van der Waals surface area contributed by atoms with Gasteiger partial charge in [-0.3, -0.25) is 14.4 Å². The van der Waals surface area contributed by atoms with E-state index in [2.05, 4.69) is 32.6 Å². The van der Waals surface area contributed by atoms with Crippen LogP contribution in [-0.4, -0.2) is 30.6 Å². The molecule has 0 saturated heterocycles. The fourth-order valence-electron chi connectivity index (χ4n) is 3.27. The van der Waals surface area contributed by atoms with Gasteiger partial charge in [-0.25, -0.2) is 4.39 Å². The SMILES string of the molecule is COC(=O)[C@@H]1C(=O)NC(SCC(=O)Nc2ccccc2F)=C(C#N)[C@@H]1c1cccc(Br)c1. The zero-order valence-corrected chi connectivity index (χ0v) is 19.1. The summed E-state index contributed by atoms with van der Waals surface area (Å²) in [5, 5.41) is 15.0. The largest absolute Gasteiger partial charge is 0.468 e. The number of thioether (sulfide) groups is 1. The number of nitrogens with zero attached hydrogens (tertiary/aromatic N) is 1. The summed E-state index contributed by atoms with van der Waals surface area (Å²) in [7, 11) is 1.17. The Hall–Kier alpha value is -3.16. The van der Waals surface area contributed by atoms with Crippen molar-refractivity contribution in [3.63, 3.8) is 0 Å². The van der Waals surface area contributed by atoms with Crippen molar-refractivity contribution in [3.05, 3.63) is 75.0 Å². The van der Waals surface area contributed by atoms with Gasteiger partial charge in [0.05, 0.1) is 35.2 Å². The Morgan fingerprint density at radius 2 is 2.03 bits per heavy atom. The first-order valence-corrected chi connectivity index (χ1v) is 11.1. The molecule has 1 aliphatic rings. The summed E-state index contributed by atoms with van der Waals surface area (Å²) in [6.45, 7) is 0. The highest BCUT2D eigenvalue weighted by molar-refractivity contribution is 9.10. The van der Waals surface area contributed by atoms with E-state index in [1.54, 1.807) is 30.3 Å². The van der Waals surface area contributed by atoms with Gasteiger partial charge in [0.25, 0.3) is 0 Å². The fraction of sp³-hybridized carbons (Fsp3) is 0.182. The van der Waals surface area contributed by atoms with Crippen LogP contribution in [0.1, 0.15) is 11.5 Å². The molecular weight excluding hydrogens is 501 g/mol. The average molecular weight is 518 g/mol. The van der Waals surface area contributed by atoms with Crippen molar-refractivity contribution in [2.75, 3.05) is 18.2 Å². The van der Waals surface area contributed by atoms with Crippen LogP contribution >= 0.6 is 27.7 Å². The Morgan fingerprint density at radius 3 is 2.69 bits per heavy atom. The second-order valence-corrected chi connectivity index (χ2v) is 8.60. The first-order chi connectivity index (χ1) is 15.3. The molecule has 3 rings (SSSR count). The van der Waals surface area contributed by atoms with Crippen LogP contribution in [0.2, 0.25) is 0 Å². The van der Waals surface area contributed by atoms with E-state index in [1.165, 1.54) is 25.3 Å². The van der Waals surface area contributed by atoms with Gasteiger partial charge in [-0.1, -0.05) is 52.0 Å². The maximum atomic E-state index is 13.8. The molecule has 2 aromatic rings. The molecule has 2 atom stereocenters. The number of allylic oxidation sites excluding steroid dienone is 1. The molecule has 0 aliphatic carbocycles. The third kappa shape index (κ3) is 5.18. The summed E-state index contributed by atoms with van der Waals surface area (Å²) < 4.78 is 19.3. The summed E-state index contributed by atoms with van der Waals surface area (Å²) >= 11 is 4.28. The lowest BCUT2D eigenvalue weighted by molar-refractivity contribution is -0.150. The van der Waals surface area contributed by atoms with Crippen molar-refractivity contribution in [2.45, 2.75) is 5.92 Å². The number of ether oxygens (including phenoxy) is 1. The second kappa shape index (κ2) is 10.4. The van der Waals surface area contributed by atoms with Gasteiger partial charge in [0.1, 0.15) is 11.7 Å². The predicted octanol–water partition coefficient (Wildman–Crippen LogP) is 3.70. The van der Waals surface area contributed by atoms with E-state index in [0.717, 1.165) is 11.8 Å². The number of amides is 2. The Bertz CT molecular complexity index is 1150. The van der Waals surface area contributed by atoms with Gasteiger partial charge in [-0.2, -0.15) is 5.26 Å². The van der Waals surface area contributed by atoms with Gasteiger partial charge >= 0.3 is 5.97 Å². The van der Waals surface area contributed by atoms with E-state index >= 15 is 0 Å². The molecule has 7 nitrogen and oxygen atoms in total. The monoisotopic (exact) mass is 517 g/mol. The molecule has 2 amide bonds. The highest BCUT2D eigenvalue weighted by atomic mass is 79.9. The number of para-hydroxylation sites is 1. The quantitative estimate of drug-likeness (QED) is 0.446. The molecule has 0 bridgehead atoms. The number of benzene rings is 2. The molecule has 0 spiro atoms. The van der Waals surface area contributed by atoms with Crippen molar-refractivity contribution in [3.8, 4) is 6.07 Å². The number of carbonyl (C=O) groups is 3. The third-order valence-corrected chi connectivity index (χ3v) is 6.20. The molecule has 10 heteroatoms. The number of carbonyl (C=O) groups excluding carboxylic acids is 3. The molecule has 0 aromatic heterocycles. The summed E-state index contributed by atoms with van der Waals surface area (Å²) in [4.78, 5) is 37.5. The summed E-state index contributed by atoms with van der Waals surface area (Å²) in [5.41, 5.74) is 0.718. The Kier molecular flexibility index (Phi) is 7.66. The van der Waals surface area contributed by atoms with E-state index in [4.69, 9.17) is 4.74 Å². The fourth-order valence-corrected chi connectivity index (χ4v) is 4.53. The number of methoxy groups -OCH3 is 1. The first-order valence-electron chi connectivity index (χ1n) is 9.31. The number of rotatable bonds is 6. The van der Waals surface area contributed by atoms with Crippen molar-refractivity contribution in [2.24, 2.45) is 5.92 Å². The highest BCUT2D eigenvalue weighted by Gasteiger charge is 2.44. The van der Waals surface area contributed by atoms with E-state index < -0.39 is 35.4 Å². The van der Waals surface area contributed by atoms with Crippen molar-refractivity contribution < 1.29 is 23.5 Å². The normalized spacial score (nSPS) is 17.9. The van der Waals surface area contributed by atoms with Gasteiger partial charge in [0.15, 0.2) is 0 Å². The standard InChI is InChI=1S/C22H17BrFN3O4S/c1-31-22(30)19-18(12-5-4-6-13(23)9-12)14(10-25)21(27-20(19)29)32-11-17(28)26-16-8-3-2-7-15(16)24/h2-9,18-19H,11H2,1H3,(H,26,28)(H,27,29)/t18-,19-/m0/s1. The summed E-state index contributed by atoms with van der Waals surface area (Å²) in [5.74, 6) is -4.86. The minimum atomic E-state index is -1.26. The number of anilines is 1. The molecule has 0 fully saturated rings. The van der Waals surface area contributed by atoms with E-state index in [0.29, 0.717) is 10.0 Å². The number of hydrogen-bond donors (Lipinski definition) is 2. The molecule has 0 unspecified atom stereocenters. The van der Waals surface area contributed by atoms with Crippen LogP contribution in [-0.2, 0) is 19.1 Å². The number of nitrogens with one attached hydrogen (secondary N) is 2. The lowest BCUT2D eigenvalue weighted by Gasteiger charge is -2.31. The maximum absolute atomic E-state index is 13.8. The van der Waals surface area contributed by atoms with Gasteiger partial charge in [0.2, 0.25) is 11.8 Å². The van der Waals surface area contributed by atoms with Crippen molar-refractivity contribution >= 4 is 51.2 Å². The minimum Gasteiger partial charge on any atom is -0.468 e. The van der Waals surface area contributed by atoms with Crippen LogP contribution in [0.15, 0.2) is 63.6 Å². The molecule has 0 saturated carbocycles. The first kappa shape index (κ1) is 23.5. The Labute approximate surface area is 196 Å². The highest BCUT2D eigenvalue weighted by Crippen LogP contribution is 2.40. The molecular formula is C22H17BrFN3O4S. The molecule has 164 valence electrons. The van der Waals surface area contributed by atoms with E-state index in [-0.39, 0.29) is 22.0 Å². The van der Waals surface area contributed by atoms with Crippen LogP contribution in [0.5, 0.6) is 0 Å². The summed E-state index contributed by atoms with van der Waals surface area (Å²) in [6.07, 6.45) is 0. The molecule has 32 heavy (non-hydrogen) atoms. The van der Waals surface area contributed by atoms with Gasteiger partial charge in [-0.15, -0.1) is 0 Å². The molecule has 1 aliphatic heterocycles. The van der Waals surface area contributed by atoms with Gasteiger partial charge < -0.3 is 15.4 Å². The Balaban J connectivity index is 1.90. The van der Waals surface area contributed by atoms with Crippen molar-refractivity contribution in [1.82, 2.24) is 5.32 Å². The van der Waals surface area contributed by atoms with Gasteiger partial charge in [-0.05, 0) is 29.8 Å². The van der Waals surface area contributed by atoms with E-state index in [9.17, 15) is 24.0 Å². The summed E-state index contributed by atoms with van der Waals surface area (Å²) in [6, 6.07) is 14.7. The predicted molar refractivity (Wildman–Crippen MR) is 121 cm³/mol. The minimum absolute atomic E-state index is 0.0260.